The van der Waals surface area contributed by atoms with Crippen molar-refractivity contribution >= 4 is 16.7 Å². The van der Waals surface area contributed by atoms with E-state index in [0.29, 0.717) is 6.42 Å². The van der Waals surface area contributed by atoms with Gasteiger partial charge in [0.15, 0.2) is 5.78 Å². The Kier molecular flexibility index (Phi) is 3.38. The van der Waals surface area contributed by atoms with Crippen molar-refractivity contribution in [3.63, 3.8) is 0 Å². The van der Waals surface area contributed by atoms with Gasteiger partial charge in [0.25, 0.3) is 0 Å². The van der Waals surface area contributed by atoms with E-state index >= 15 is 0 Å². The van der Waals surface area contributed by atoms with Crippen LogP contribution < -0.4 is 0 Å². The Hall–Kier alpha value is -2.35. The van der Waals surface area contributed by atoms with Gasteiger partial charge in [-0.25, -0.2) is 0 Å². The molecule has 1 heterocycles. The summed E-state index contributed by atoms with van der Waals surface area (Å²) in [6.45, 7) is 1.89. The van der Waals surface area contributed by atoms with E-state index in [0.717, 1.165) is 22.9 Å². The fraction of sp³-hybridized carbons (Fsp3) is 0.167. The van der Waals surface area contributed by atoms with Gasteiger partial charge in [0.05, 0.1) is 0 Å². The van der Waals surface area contributed by atoms with Gasteiger partial charge in [0.2, 0.25) is 0 Å². The molecule has 3 rings (SSSR count). The van der Waals surface area contributed by atoms with E-state index in [-0.39, 0.29) is 5.78 Å². The van der Waals surface area contributed by atoms with E-state index in [1.165, 1.54) is 11.3 Å². The first kappa shape index (κ1) is 12.7. The lowest BCUT2D eigenvalue weighted by Gasteiger charge is -1.97. The van der Waals surface area contributed by atoms with Gasteiger partial charge in [-0.3, -0.25) is 4.79 Å². The number of H-pyrrole nitrogens is 1. The summed E-state index contributed by atoms with van der Waals surface area (Å²) >= 11 is 0. The minimum Gasteiger partial charge on any atom is -0.358 e. The van der Waals surface area contributed by atoms with Crippen molar-refractivity contribution in [1.29, 1.82) is 0 Å². The van der Waals surface area contributed by atoms with Crippen LogP contribution in [0.15, 0.2) is 54.6 Å². The van der Waals surface area contributed by atoms with E-state index < -0.39 is 0 Å². The molecule has 0 saturated heterocycles. The number of Topliss-reactive ketones (excluding diaryl/α,β-unsaturated/α-hetero) is 1. The first-order valence-electron chi connectivity index (χ1n) is 6.95. The zero-order valence-electron chi connectivity index (χ0n) is 11.5. The van der Waals surface area contributed by atoms with Gasteiger partial charge in [-0.2, -0.15) is 0 Å². The number of carbonyl (C=O) groups is 1. The highest BCUT2D eigenvalue weighted by Crippen LogP contribution is 2.20. The molecule has 0 spiro atoms. The highest BCUT2D eigenvalue weighted by molar-refractivity contribution is 5.99. The summed E-state index contributed by atoms with van der Waals surface area (Å²) in [5.74, 6) is 0.192. The fourth-order valence-electron chi connectivity index (χ4n) is 2.48. The number of hydrogen-bond donors (Lipinski definition) is 1. The molecule has 3 aromatic rings. The van der Waals surface area contributed by atoms with Crippen LogP contribution >= 0.6 is 0 Å². The van der Waals surface area contributed by atoms with Crippen molar-refractivity contribution in [1.82, 2.24) is 4.98 Å². The average Bonchev–Trinajstić information content (AvgIpc) is 2.88. The van der Waals surface area contributed by atoms with Crippen molar-refractivity contribution in [2.24, 2.45) is 0 Å². The van der Waals surface area contributed by atoms with E-state index in [1.807, 2.05) is 31.2 Å². The van der Waals surface area contributed by atoms with Crippen LogP contribution in [0.3, 0.4) is 0 Å². The maximum absolute atomic E-state index is 11.7. The number of fused-ring (bicyclic) bond motifs is 1. The molecule has 2 nitrogen and oxygen atoms in total. The Morgan fingerprint density at radius 3 is 2.60 bits per heavy atom. The molecule has 2 heteroatoms. The summed E-state index contributed by atoms with van der Waals surface area (Å²) in [4.78, 5) is 15.2. The molecular formula is C18H17NO. The van der Waals surface area contributed by atoms with E-state index in [1.54, 1.807) is 0 Å². The lowest BCUT2D eigenvalue weighted by atomic mass is 10.1. The summed E-state index contributed by atoms with van der Waals surface area (Å²) in [5, 5.41) is 1.11. The minimum atomic E-state index is 0.192. The van der Waals surface area contributed by atoms with Crippen LogP contribution in [0.2, 0.25) is 0 Å². The van der Waals surface area contributed by atoms with E-state index in [9.17, 15) is 4.79 Å². The normalized spacial score (nSPS) is 10.8. The Morgan fingerprint density at radius 2 is 1.85 bits per heavy atom. The summed E-state index contributed by atoms with van der Waals surface area (Å²) < 4.78 is 0. The molecule has 1 N–H and O–H groups in total. The highest BCUT2D eigenvalue weighted by Gasteiger charge is 2.06. The molecule has 0 aliphatic carbocycles. The Balaban J connectivity index is 1.92. The average molecular weight is 263 g/mol. The molecule has 0 radical (unpaired) electrons. The molecule has 0 saturated carbocycles. The summed E-state index contributed by atoms with van der Waals surface area (Å²) in [7, 11) is 0. The van der Waals surface area contributed by atoms with Crippen LogP contribution in [0.1, 0.15) is 35.0 Å². The fourth-order valence-corrected chi connectivity index (χ4v) is 2.48. The molecule has 2 aromatic carbocycles. The van der Waals surface area contributed by atoms with Gasteiger partial charge in [0, 0.05) is 35.0 Å². The third-order valence-electron chi connectivity index (χ3n) is 3.56. The molecule has 0 atom stereocenters. The standard InChI is InChI=1S/C18H17NO/c1-2-18(20)14-8-9-17-15(11-14)12-16(19-17)10-13-6-4-3-5-7-13/h3-9,11-12,19H,2,10H2,1H3. The summed E-state index contributed by atoms with van der Waals surface area (Å²) in [6.07, 6.45) is 1.43. The van der Waals surface area contributed by atoms with Crippen molar-refractivity contribution in [3.05, 3.63) is 71.4 Å². The lowest BCUT2D eigenvalue weighted by Crippen LogP contribution is -1.95. The van der Waals surface area contributed by atoms with Crippen LogP contribution in [0.5, 0.6) is 0 Å². The number of aromatic nitrogens is 1. The molecule has 0 amide bonds. The predicted molar refractivity (Wildman–Crippen MR) is 82.2 cm³/mol. The Labute approximate surface area is 118 Å². The van der Waals surface area contributed by atoms with Crippen LogP contribution in [-0.4, -0.2) is 10.8 Å². The molecular weight excluding hydrogens is 246 g/mol. The number of carbonyl (C=O) groups excluding carboxylic acids is 1. The second-order valence-electron chi connectivity index (χ2n) is 5.04. The second kappa shape index (κ2) is 5.33. The third kappa shape index (κ3) is 2.50. The minimum absolute atomic E-state index is 0.192. The van der Waals surface area contributed by atoms with E-state index in [4.69, 9.17) is 0 Å². The van der Waals surface area contributed by atoms with Crippen LogP contribution in [0, 0.1) is 0 Å². The maximum atomic E-state index is 11.7. The van der Waals surface area contributed by atoms with Crippen molar-refractivity contribution in [3.8, 4) is 0 Å². The monoisotopic (exact) mass is 263 g/mol. The molecule has 0 aliphatic rings. The molecule has 0 fully saturated rings. The van der Waals surface area contributed by atoms with Crippen molar-refractivity contribution < 1.29 is 4.79 Å². The molecule has 0 bridgehead atoms. The van der Waals surface area contributed by atoms with Gasteiger partial charge in [-0.15, -0.1) is 0 Å². The molecule has 0 unspecified atom stereocenters. The van der Waals surface area contributed by atoms with Gasteiger partial charge in [0.1, 0.15) is 0 Å². The number of hydrogen-bond acceptors (Lipinski definition) is 1. The first-order chi connectivity index (χ1) is 9.76. The highest BCUT2D eigenvalue weighted by atomic mass is 16.1. The Morgan fingerprint density at radius 1 is 1.05 bits per heavy atom. The number of rotatable bonds is 4. The maximum Gasteiger partial charge on any atom is 0.162 e. The van der Waals surface area contributed by atoms with E-state index in [2.05, 4.69) is 35.3 Å². The van der Waals surface area contributed by atoms with Gasteiger partial charge >= 0.3 is 0 Å². The van der Waals surface area contributed by atoms with Crippen molar-refractivity contribution in [2.75, 3.05) is 0 Å². The van der Waals surface area contributed by atoms with Crippen LogP contribution in [0.4, 0.5) is 0 Å². The summed E-state index contributed by atoms with van der Waals surface area (Å²) in [5.41, 5.74) is 4.34. The van der Waals surface area contributed by atoms with Gasteiger partial charge in [-0.05, 0) is 29.8 Å². The zero-order valence-corrected chi connectivity index (χ0v) is 11.5. The molecule has 20 heavy (non-hydrogen) atoms. The second-order valence-corrected chi connectivity index (χ2v) is 5.04. The molecule has 100 valence electrons. The number of ketones is 1. The number of aromatic amines is 1. The van der Waals surface area contributed by atoms with Crippen molar-refractivity contribution in [2.45, 2.75) is 19.8 Å². The smallest absolute Gasteiger partial charge is 0.162 e. The molecule has 1 aromatic heterocycles. The van der Waals surface area contributed by atoms with Crippen LogP contribution in [-0.2, 0) is 6.42 Å². The predicted octanol–water partition coefficient (Wildman–Crippen LogP) is 4.35. The number of benzene rings is 2. The topological polar surface area (TPSA) is 32.9 Å². The Bertz CT molecular complexity index is 740. The summed E-state index contributed by atoms with van der Waals surface area (Å²) in [6, 6.07) is 18.4. The zero-order chi connectivity index (χ0) is 13.9. The van der Waals surface area contributed by atoms with Gasteiger partial charge < -0.3 is 4.98 Å². The SMILES string of the molecule is CCC(=O)c1ccc2[nH]c(Cc3ccccc3)cc2c1. The quantitative estimate of drug-likeness (QED) is 0.697. The number of nitrogens with one attached hydrogen (secondary N) is 1. The van der Waals surface area contributed by atoms with Crippen LogP contribution in [0.25, 0.3) is 10.9 Å². The lowest BCUT2D eigenvalue weighted by molar-refractivity contribution is 0.0988. The largest absolute Gasteiger partial charge is 0.358 e. The third-order valence-corrected chi connectivity index (χ3v) is 3.56. The first-order valence-corrected chi connectivity index (χ1v) is 6.95. The van der Waals surface area contributed by atoms with Gasteiger partial charge in [-0.1, -0.05) is 37.3 Å². The molecule has 0 aliphatic heterocycles.